The van der Waals surface area contributed by atoms with Gasteiger partial charge in [0.1, 0.15) is 12.3 Å². The highest BCUT2D eigenvalue weighted by Crippen LogP contribution is 2.49. The summed E-state index contributed by atoms with van der Waals surface area (Å²) in [5, 5.41) is 3.97. The summed E-state index contributed by atoms with van der Waals surface area (Å²) < 4.78 is 44.4. The number of benzene rings is 2. The summed E-state index contributed by atoms with van der Waals surface area (Å²) in [6.45, 7) is 2.61. The smallest absolute Gasteiger partial charge is 0.405 e. The Morgan fingerprint density at radius 2 is 1.88 bits per heavy atom. The average molecular weight is 457 g/mol. The minimum absolute atomic E-state index is 0.244. The van der Waals surface area contributed by atoms with E-state index in [-0.39, 0.29) is 5.91 Å². The highest BCUT2D eigenvalue weighted by atomic mass is 19.4. The van der Waals surface area contributed by atoms with E-state index in [4.69, 9.17) is 4.74 Å². The molecule has 1 N–H and O–H groups in total. The number of nitrogens with zero attached hydrogens (tertiary/aromatic N) is 2. The number of nitrogens with one attached hydrogen (secondary N) is 1. The largest absolute Gasteiger partial charge is 0.497 e. The third kappa shape index (κ3) is 4.74. The number of aromatic nitrogens is 1. The Labute approximate surface area is 190 Å². The lowest BCUT2D eigenvalue weighted by Crippen LogP contribution is -2.36. The lowest BCUT2D eigenvalue weighted by atomic mass is 9.96. The third-order valence-electron chi connectivity index (χ3n) is 6.10. The molecule has 8 heteroatoms. The van der Waals surface area contributed by atoms with Crippen LogP contribution in [0.3, 0.4) is 0 Å². The Morgan fingerprint density at radius 1 is 1.15 bits per heavy atom. The van der Waals surface area contributed by atoms with Crippen LogP contribution < -0.4 is 15.0 Å². The minimum Gasteiger partial charge on any atom is -0.497 e. The summed E-state index contributed by atoms with van der Waals surface area (Å²) in [5.74, 6) is 0.336. The van der Waals surface area contributed by atoms with Crippen molar-refractivity contribution in [2.45, 2.75) is 38.4 Å². The van der Waals surface area contributed by atoms with Crippen LogP contribution in [0.25, 0.3) is 10.9 Å². The van der Waals surface area contributed by atoms with E-state index in [0.29, 0.717) is 35.4 Å². The molecule has 1 saturated carbocycles. The average Bonchev–Trinajstić information content (AvgIpc) is 3.52. The fourth-order valence-electron chi connectivity index (χ4n) is 4.14. The Hall–Kier alpha value is -3.29. The Morgan fingerprint density at radius 3 is 2.52 bits per heavy atom. The summed E-state index contributed by atoms with van der Waals surface area (Å²) in [5.41, 5.74) is 3.22. The first-order valence-corrected chi connectivity index (χ1v) is 10.7. The molecular formula is C25H26F3N3O2. The second kappa shape index (κ2) is 8.24. The molecule has 0 spiro atoms. The van der Waals surface area contributed by atoms with Gasteiger partial charge < -0.3 is 15.0 Å². The lowest BCUT2D eigenvalue weighted by molar-refractivity contribution is -0.119. The van der Waals surface area contributed by atoms with Gasteiger partial charge in [-0.3, -0.25) is 9.78 Å². The molecule has 1 fully saturated rings. The van der Waals surface area contributed by atoms with E-state index >= 15 is 0 Å². The first-order chi connectivity index (χ1) is 15.5. The van der Waals surface area contributed by atoms with E-state index < -0.39 is 18.3 Å². The van der Waals surface area contributed by atoms with Crippen LogP contribution in [0.1, 0.15) is 40.0 Å². The molecule has 1 amide bonds. The highest BCUT2D eigenvalue weighted by Gasteiger charge is 2.47. The van der Waals surface area contributed by atoms with Gasteiger partial charge >= 0.3 is 6.18 Å². The number of pyridine rings is 1. The van der Waals surface area contributed by atoms with Crippen LogP contribution in [-0.4, -0.2) is 37.8 Å². The van der Waals surface area contributed by atoms with Crippen LogP contribution in [0.2, 0.25) is 0 Å². The number of hydrogen-bond donors (Lipinski definition) is 1. The molecule has 1 aromatic heterocycles. The van der Waals surface area contributed by atoms with Gasteiger partial charge in [0.15, 0.2) is 0 Å². The quantitative estimate of drug-likeness (QED) is 0.547. The van der Waals surface area contributed by atoms with Crippen LogP contribution in [-0.2, 0) is 5.54 Å². The van der Waals surface area contributed by atoms with Crippen molar-refractivity contribution in [3.8, 4) is 5.75 Å². The molecule has 174 valence electrons. The number of rotatable bonds is 6. The van der Waals surface area contributed by atoms with Gasteiger partial charge in [-0.1, -0.05) is 12.1 Å². The molecule has 3 aromatic rings. The van der Waals surface area contributed by atoms with Gasteiger partial charge in [-0.05, 0) is 68.1 Å². The maximum Gasteiger partial charge on any atom is 0.405 e. The summed E-state index contributed by atoms with van der Waals surface area (Å²) in [4.78, 5) is 18.9. The van der Waals surface area contributed by atoms with Gasteiger partial charge in [-0.2, -0.15) is 13.2 Å². The standard InChI is InChI=1S/C25H26F3N3O2/c1-15-5-7-18(33-4)13-20(15)23(32)30-24(9-10-24)21-11-17(31(3)14-25(26,27)28)12-22-19(21)8-6-16(2)29-22/h5-8,11-13H,9-10,14H2,1-4H3,(H,30,32). The number of carbonyl (C=O) groups excluding carboxylic acids is 1. The topological polar surface area (TPSA) is 54.5 Å². The van der Waals surface area contributed by atoms with E-state index in [1.807, 2.05) is 32.0 Å². The van der Waals surface area contributed by atoms with Crippen LogP contribution >= 0.6 is 0 Å². The monoisotopic (exact) mass is 457 g/mol. The summed E-state index contributed by atoms with van der Waals surface area (Å²) in [6.07, 6.45) is -2.95. The first-order valence-electron chi connectivity index (χ1n) is 10.7. The zero-order valence-corrected chi connectivity index (χ0v) is 19.0. The molecule has 0 bridgehead atoms. The summed E-state index contributed by atoms with van der Waals surface area (Å²) >= 11 is 0. The number of methoxy groups -OCH3 is 1. The van der Waals surface area contributed by atoms with Gasteiger partial charge in [-0.15, -0.1) is 0 Å². The van der Waals surface area contributed by atoms with Crippen LogP contribution in [0, 0.1) is 13.8 Å². The van der Waals surface area contributed by atoms with Gasteiger partial charge in [0, 0.05) is 29.4 Å². The molecule has 2 aromatic carbocycles. The van der Waals surface area contributed by atoms with Gasteiger partial charge in [-0.25, -0.2) is 0 Å². The van der Waals surface area contributed by atoms with Gasteiger partial charge in [0.25, 0.3) is 5.91 Å². The van der Waals surface area contributed by atoms with Crippen LogP contribution in [0.4, 0.5) is 18.9 Å². The van der Waals surface area contributed by atoms with E-state index in [9.17, 15) is 18.0 Å². The number of aryl methyl sites for hydroxylation is 2. The molecule has 4 rings (SSSR count). The van der Waals surface area contributed by atoms with Crippen molar-refractivity contribution in [3.05, 3.63) is 64.8 Å². The molecule has 0 unspecified atom stereocenters. The van der Waals surface area contributed by atoms with Gasteiger partial charge in [0.05, 0.1) is 18.2 Å². The van der Waals surface area contributed by atoms with Gasteiger partial charge in [0.2, 0.25) is 0 Å². The number of halogens is 3. The van der Waals surface area contributed by atoms with E-state index in [1.165, 1.54) is 7.05 Å². The predicted molar refractivity (Wildman–Crippen MR) is 122 cm³/mol. The maximum atomic E-state index is 13.2. The number of anilines is 1. The summed E-state index contributed by atoms with van der Waals surface area (Å²) in [7, 11) is 2.95. The fraction of sp³-hybridized carbons (Fsp3) is 0.360. The predicted octanol–water partition coefficient (Wildman–Crippen LogP) is 5.28. The second-order valence-corrected chi connectivity index (χ2v) is 8.70. The van der Waals surface area contributed by atoms with Crippen molar-refractivity contribution >= 4 is 22.5 Å². The van der Waals surface area contributed by atoms with Crippen molar-refractivity contribution in [1.82, 2.24) is 10.3 Å². The minimum atomic E-state index is -4.33. The number of carbonyl (C=O) groups is 1. The molecule has 1 aliphatic carbocycles. The molecular weight excluding hydrogens is 431 g/mol. The number of ether oxygens (including phenoxy) is 1. The second-order valence-electron chi connectivity index (χ2n) is 8.70. The van der Waals surface area contributed by atoms with Crippen molar-refractivity contribution in [2.75, 3.05) is 25.6 Å². The zero-order chi connectivity index (χ0) is 24.0. The fourth-order valence-corrected chi connectivity index (χ4v) is 4.14. The van der Waals surface area contributed by atoms with E-state index in [1.54, 1.807) is 31.4 Å². The SMILES string of the molecule is COc1ccc(C)c(C(=O)NC2(c3cc(N(C)CC(F)(F)F)cc4nc(C)ccc34)CC2)c1. The van der Waals surface area contributed by atoms with E-state index in [2.05, 4.69) is 10.3 Å². The molecule has 0 saturated heterocycles. The first kappa shape index (κ1) is 22.9. The molecule has 0 aliphatic heterocycles. The van der Waals surface area contributed by atoms with Crippen molar-refractivity contribution in [1.29, 1.82) is 0 Å². The Kier molecular flexibility index (Phi) is 5.72. The molecule has 1 aliphatic rings. The molecule has 0 radical (unpaired) electrons. The van der Waals surface area contributed by atoms with E-state index in [0.717, 1.165) is 27.1 Å². The lowest BCUT2D eigenvalue weighted by Gasteiger charge is -2.26. The molecule has 0 atom stereocenters. The van der Waals surface area contributed by atoms with Crippen LogP contribution in [0.5, 0.6) is 5.75 Å². The third-order valence-corrected chi connectivity index (χ3v) is 6.10. The van der Waals surface area contributed by atoms with Crippen molar-refractivity contribution < 1.29 is 22.7 Å². The number of fused-ring (bicyclic) bond motifs is 1. The molecule has 5 nitrogen and oxygen atoms in total. The number of alkyl halides is 3. The molecule has 33 heavy (non-hydrogen) atoms. The zero-order valence-electron chi connectivity index (χ0n) is 19.0. The Balaban J connectivity index is 1.75. The van der Waals surface area contributed by atoms with Crippen LogP contribution in [0.15, 0.2) is 42.5 Å². The number of amides is 1. The normalized spacial score (nSPS) is 14.8. The maximum absolute atomic E-state index is 13.2. The highest BCUT2D eigenvalue weighted by molar-refractivity contribution is 5.97. The summed E-state index contributed by atoms with van der Waals surface area (Å²) in [6, 6.07) is 12.5. The number of hydrogen-bond acceptors (Lipinski definition) is 4. The van der Waals surface area contributed by atoms with Crippen molar-refractivity contribution in [2.24, 2.45) is 0 Å². The van der Waals surface area contributed by atoms with Crippen molar-refractivity contribution in [3.63, 3.8) is 0 Å². The molecule has 1 heterocycles. The Bertz CT molecular complexity index is 1220.